The van der Waals surface area contributed by atoms with Crippen LogP contribution in [0.5, 0.6) is 5.75 Å². The summed E-state index contributed by atoms with van der Waals surface area (Å²) in [5.41, 5.74) is 5.26. The van der Waals surface area contributed by atoms with Crippen LogP contribution in [0.3, 0.4) is 0 Å². The Morgan fingerprint density at radius 2 is 2.16 bits per heavy atom. The molecule has 1 saturated heterocycles. The first kappa shape index (κ1) is 13.8. The zero-order chi connectivity index (χ0) is 13.9. The van der Waals surface area contributed by atoms with Crippen molar-refractivity contribution in [3.05, 3.63) is 29.6 Å². The number of aromatic hydroxyl groups is 1. The highest BCUT2D eigenvalue weighted by molar-refractivity contribution is 5.97. The molecule has 0 bridgehead atoms. The van der Waals surface area contributed by atoms with E-state index >= 15 is 0 Å². The van der Waals surface area contributed by atoms with E-state index < -0.39 is 17.3 Å². The second-order valence-corrected chi connectivity index (χ2v) is 4.71. The van der Waals surface area contributed by atoms with Gasteiger partial charge in [0.25, 0.3) is 5.91 Å². The fraction of sp³-hybridized carbons (Fsp3) is 0.462. The van der Waals surface area contributed by atoms with Gasteiger partial charge in [0.15, 0.2) is 0 Å². The first-order chi connectivity index (χ1) is 9.06. The van der Waals surface area contributed by atoms with Crippen molar-refractivity contribution in [1.82, 2.24) is 5.32 Å². The summed E-state index contributed by atoms with van der Waals surface area (Å²) in [5.74, 6) is -1.42. The number of nitrogens with two attached hydrogens (primary N) is 1. The van der Waals surface area contributed by atoms with Crippen LogP contribution >= 0.6 is 0 Å². The summed E-state index contributed by atoms with van der Waals surface area (Å²) in [6.45, 7) is 1.36. The number of nitrogens with one attached hydrogen (secondary N) is 1. The first-order valence-electron chi connectivity index (χ1n) is 6.15. The average Bonchev–Trinajstić information content (AvgIpc) is 2.39. The van der Waals surface area contributed by atoms with E-state index in [1.165, 1.54) is 6.07 Å². The molecular weight excluding hydrogens is 251 g/mol. The monoisotopic (exact) mass is 268 g/mol. The van der Waals surface area contributed by atoms with Crippen LogP contribution in [-0.4, -0.2) is 36.3 Å². The molecule has 104 valence electrons. The van der Waals surface area contributed by atoms with Gasteiger partial charge in [-0.3, -0.25) is 4.79 Å². The van der Waals surface area contributed by atoms with Gasteiger partial charge in [-0.15, -0.1) is 0 Å². The summed E-state index contributed by atoms with van der Waals surface area (Å²) in [7, 11) is 0. The zero-order valence-electron chi connectivity index (χ0n) is 10.5. The maximum atomic E-state index is 12.9. The summed E-state index contributed by atoms with van der Waals surface area (Å²) < 4.78 is 18.1. The molecule has 0 unspecified atom stereocenters. The predicted octanol–water partition coefficient (Wildman–Crippen LogP) is 0.769. The van der Waals surface area contributed by atoms with Gasteiger partial charge >= 0.3 is 0 Å². The van der Waals surface area contributed by atoms with Crippen molar-refractivity contribution < 1.29 is 19.0 Å². The van der Waals surface area contributed by atoms with Crippen molar-refractivity contribution in [2.45, 2.75) is 18.4 Å². The number of ether oxygens (including phenoxy) is 1. The van der Waals surface area contributed by atoms with E-state index in [0.717, 1.165) is 12.1 Å². The van der Waals surface area contributed by atoms with Gasteiger partial charge in [0.1, 0.15) is 11.6 Å². The van der Waals surface area contributed by atoms with Gasteiger partial charge in [-0.25, -0.2) is 4.39 Å². The third kappa shape index (κ3) is 3.02. The highest BCUT2D eigenvalue weighted by atomic mass is 19.1. The highest BCUT2D eigenvalue weighted by Crippen LogP contribution is 2.23. The van der Waals surface area contributed by atoms with Gasteiger partial charge < -0.3 is 20.9 Å². The van der Waals surface area contributed by atoms with Crippen molar-refractivity contribution >= 4 is 5.91 Å². The molecular formula is C13H17FN2O3. The minimum atomic E-state index is -0.589. The van der Waals surface area contributed by atoms with E-state index in [1.54, 1.807) is 0 Å². The summed E-state index contributed by atoms with van der Waals surface area (Å²) in [6, 6.07) is 3.30. The van der Waals surface area contributed by atoms with Crippen LogP contribution in [0.2, 0.25) is 0 Å². The topological polar surface area (TPSA) is 84.6 Å². The molecule has 0 spiro atoms. The molecule has 0 saturated carbocycles. The van der Waals surface area contributed by atoms with Gasteiger partial charge in [-0.2, -0.15) is 0 Å². The number of phenols is 1. The lowest BCUT2D eigenvalue weighted by atomic mass is 9.89. The summed E-state index contributed by atoms with van der Waals surface area (Å²) in [5, 5.41) is 12.4. The van der Waals surface area contributed by atoms with E-state index in [9.17, 15) is 14.3 Å². The van der Waals surface area contributed by atoms with Crippen molar-refractivity contribution in [2.75, 3.05) is 19.8 Å². The molecule has 1 aromatic carbocycles. The second-order valence-electron chi connectivity index (χ2n) is 4.71. The van der Waals surface area contributed by atoms with Gasteiger partial charge in [0.05, 0.1) is 11.1 Å². The highest BCUT2D eigenvalue weighted by Gasteiger charge is 2.33. The first-order valence-corrected chi connectivity index (χ1v) is 6.15. The van der Waals surface area contributed by atoms with Crippen LogP contribution in [0.25, 0.3) is 0 Å². The van der Waals surface area contributed by atoms with Crippen LogP contribution < -0.4 is 11.1 Å². The number of carbonyl (C=O) groups excluding carboxylic acids is 1. The third-order valence-corrected chi connectivity index (χ3v) is 3.42. The minimum Gasteiger partial charge on any atom is -0.507 e. The molecule has 4 N–H and O–H groups in total. The number of benzene rings is 1. The molecule has 1 heterocycles. The molecule has 1 aliphatic heterocycles. The second kappa shape index (κ2) is 5.54. The van der Waals surface area contributed by atoms with Crippen LogP contribution in [0, 0.1) is 5.82 Å². The van der Waals surface area contributed by atoms with E-state index in [-0.39, 0.29) is 11.3 Å². The quantitative estimate of drug-likeness (QED) is 0.756. The van der Waals surface area contributed by atoms with Crippen molar-refractivity contribution in [1.29, 1.82) is 0 Å². The maximum absolute atomic E-state index is 12.9. The molecule has 0 aliphatic carbocycles. The zero-order valence-corrected chi connectivity index (χ0v) is 10.5. The predicted molar refractivity (Wildman–Crippen MR) is 67.4 cm³/mol. The largest absolute Gasteiger partial charge is 0.507 e. The summed E-state index contributed by atoms with van der Waals surface area (Å²) in [4.78, 5) is 12.1. The van der Waals surface area contributed by atoms with Crippen molar-refractivity contribution in [2.24, 2.45) is 5.73 Å². The fourth-order valence-electron chi connectivity index (χ4n) is 2.15. The van der Waals surface area contributed by atoms with Crippen molar-refractivity contribution in [3.63, 3.8) is 0 Å². The lowest BCUT2D eigenvalue weighted by molar-refractivity contribution is 0.0388. The maximum Gasteiger partial charge on any atom is 0.255 e. The van der Waals surface area contributed by atoms with Crippen LogP contribution in [-0.2, 0) is 4.74 Å². The Hall–Kier alpha value is -1.66. The number of amides is 1. The molecule has 6 heteroatoms. The van der Waals surface area contributed by atoms with E-state index in [1.807, 2.05) is 0 Å². The Kier molecular flexibility index (Phi) is 4.01. The fourth-order valence-corrected chi connectivity index (χ4v) is 2.15. The van der Waals surface area contributed by atoms with Crippen LogP contribution in [0.4, 0.5) is 4.39 Å². The van der Waals surface area contributed by atoms with E-state index in [4.69, 9.17) is 10.5 Å². The number of phenolic OH excluding ortho intramolecular Hbond substituents is 1. The molecule has 1 fully saturated rings. The van der Waals surface area contributed by atoms with E-state index in [0.29, 0.717) is 32.6 Å². The Bertz CT molecular complexity index is 473. The minimum absolute atomic E-state index is 0.0423. The lowest BCUT2D eigenvalue weighted by Gasteiger charge is -2.37. The molecule has 1 aromatic rings. The molecule has 0 aromatic heterocycles. The van der Waals surface area contributed by atoms with E-state index in [2.05, 4.69) is 5.32 Å². The van der Waals surface area contributed by atoms with Crippen molar-refractivity contribution in [3.8, 4) is 5.75 Å². The van der Waals surface area contributed by atoms with Crippen LogP contribution in [0.15, 0.2) is 18.2 Å². The molecule has 19 heavy (non-hydrogen) atoms. The molecule has 0 atom stereocenters. The number of hydrogen-bond acceptors (Lipinski definition) is 4. The average molecular weight is 268 g/mol. The molecule has 1 amide bonds. The van der Waals surface area contributed by atoms with Gasteiger partial charge in [0, 0.05) is 25.8 Å². The normalized spacial score (nSPS) is 18.0. The Balaban J connectivity index is 2.15. The summed E-state index contributed by atoms with van der Waals surface area (Å²) in [6.07, 6.45) is 1.24. The Morgan fingerprint density at radius 3 is 2.74 bits per heavy atom. The number of hydrogen-bond donors (Lipinski definition) is 3. The number of halogens is 1. The van der Waals surface area contributed by atoms with Gasteiger partial charge in [-0.1, -0.05) is 0 Å². The molecule has 5 nitrogen and oxygen atoms in total. The number of carbonyl (C=O) groups is 1. The standard InChI is InChI=1S/C13H17FN2O3/c14-9-1-2-10(11(17)7-9)12(18)16-13(8-15)3-5-19-6-4-13/h1-2,7,17H,3-6,8,15H2,(H,16,18). The SMILES string of the molecule is NCC1(NC(=O)c2ccc(F)cc2O)CCOCC1. The Labute approximate surface area is 110 Å². The Morgan fingerprint density at radius 1 is 1.47 bits per heavy atom. The molecule has 0 radical (unpaired) electrons. The number of rotatable bonds is 3. The van der Waals surface area contributed by atoms with Gasteiger partial charge in [-0.05, 0) is 25.0 Å². The smallest absolute Gasteiger partial charge is 0.255 e. The molecule has 1 aliphatic rings. The lowest BCUT2D eigenvalue weighted by Crippen LogP contribution is -2.56. The van der Waals surface area contributed by atoms with Gasteiger partial charge in [0.2, 0.25) is 0 Å². The third-order valence-electron chi connectivity index (χ3n) is 3.42. The molecule has 2 rings (SSSR count). The summed E-state index contributed by atoms with van der Waals surface area (Å²) >= 11 is 0. The van der Waals surface area contributed by atoms with Crippen LogP contribution in [0.1, 0.15) is 23.2 Å².